The van der Waals surface area contributed by atoms with E-state index in [-0.39, 0.29) is 0 Å². The topological polar surface area (TPSA) is 20.2 Å². The van der Waals surface area contributed by atoms with E-state index in [0.29, 0.717) is 12.5 Å². The molecule has 1 nitrogen and oxygen atoms in total. The van der Waals surface area contributed by atoms with Gasteiger partial charge >= 0.3 is 0 Å². The molecule has 0 spiro atoms. The average Bonchev–Trinajstić information content (AvgIpc) is 2.23. The zero-order valence-electron chi connectivity index (χ0n) is 10.5. The maximum atomic E-state index is 8.68. The summed E-state index contributed by atoms with van der Waals surface area (Å²) in [6.45, 7) is 8.46. The van der Waals surface area contributed by atoms with E-state index >= 15 is 0 Å². The Kier molecular flexibility index (Phi) is 10.7. The zero-order chi connectivity index (χ0) is 12.2. The van der Waals surface area contributed by atoms with Gasteiger partial charge in [0.05, 0.1) is 0 Å². The standard InChI is InChI=1S/C14H24OS/c1-4-8-14(10-7-9-13(2)3)16-12-6-5-11-15/h4,7-8,10,13,15H,1,5-6,9,11-12H2,2-3H3. The molecule has 0 aromatic heterocycles. The lowest BCUT2D eigenvalue weighted by Gasteiger charge is -2.02. The van der Waals surface area contributed by atoms with Crippen LogP contribution in [0.5, 0.6) is 0 Å². The van der Waals surface area contributed by atoms with Gasteiger partial charge in [-0.2, -0.15) is 0 Å². The maximum absolute atomic E-state index is 8.68. The summed E-state index contributed by atoms with van der Waals surface area (Å²) < 4.78 is 0. The second-order valence-corrected chi connectivity index (χ2v) is 5.28. The number of rotatable bonds is 9. The molecule has 0 fully saturated rings. The highest BCUT2D eigenvalue weighted by Gasteiger charge is 1.94. The van der Waals surface area contributed by atoms with Gasteiger partial charge in [0.2, 0.25) is 0 Å². The Morgan fingerprint density at radius 3 is 2.69 bits per heavy atom. The summed E-state index contributed by atoms with van der Waals surface area (Å²) in [5, 5.41) is 8.68. The van der Waals surface area contributed by atoms with Crippen molar-refractivity contribution in [2.75, 3.05) is 12.4 Å². The molecule has 16 heavy (non-hydrogen) atoms. The molecule has 0 rings (SSSR count). The van der Waals surface area contributed by atoms with Gasteiger partial charge in [-0.3, -0.25) is 0 Å². The Hall–Kier alpha value is -0.470. The van der Waals surface area contributed by atoms with E-state index in [9.17, 15) is 0 Å². The predicted molar refractivity (Wildman–Crippen MR) is 75.7 cm³/mol. The van der Waals surface area contributed by atoms with E-state index in [1.165, 1.54) is 4.91 Å². The second kappa shape index (κ2) is 11.0. The number of hydrogen-bond donors (Lipinski definition) is 1. The van der Waals surface area contributed by atoms with Crippen molar-refractivity contribution in [1.29, 1.82) is 0 Å². The van der Waals surface area contributed by atoms with Crippen LogP contribution in [0.3, 0.4) is 0 Å². The highest BCUT2D eigenvalue weighted by molar-refractivity contribution is 8.03. The molecule has 0 aliphatic rings. The quantitative estimate of drug-likeness (QED) is 0.482. The lowest BCUT2D eigenvalue weighted by molar-refractivity contribution is 0.287. The highest BCUT2D eigenvalue weighted by Crippen LogP contribution is 2.19. The smallest absolute Gasteiger partial charge is 0.0431 e. The molecule has 0 aromatic rings. The molecule has 2 heteroatoms. The van der Waals surface area contributed by atoms with E-state index in [1.54, 1.807) is 0 Å². The fourth-order valence-corrected chi connectivity index (χ4v) is 2.10. The molecule has 0 aliphatic heterocycles. The third-order valence-corrected chi connectivity index (χ3v) is 3.09. The van der Waals surface area contributed by atoms with Gasteiger partial charge in [-0.15, -0.1) is 11.8 Å². The van der Waals surface area contributed by atoms with Crippen molar-refractivity contribution < 1.29 is 5.11 Å². The molecular weight excluding hydrogens is 216 g/mol. The number of aliphatic hydroxyl groups is 1. The summed E-state index contributed by atoms with van der Waals surface area (Å²) >= 11 is 1.83. The van der Waals surface area contributed by atoms with Crippen LogP contribution in [-0.2, 0) is 0 Å². The fraction of sp³-hybridized carbons (Fsp3) is 0.571. The van der Waals surface area contributed by atoms with Gasteiger partial charge in [-0.25, -0.2) is 0 Å². The first-order chi connectivity index (χ1) is 7.70. The van der Waals surface area contributed by atoms with Crippen LogP contribution in [0.25, 0.3) is 0 Å². The van der Waals surface area contributed by atoms with E-state index in [0.717, 1.165) is 25.0 Å². The molecule has 0 heterocycles. The molecule has 0 aromatic carbocycles. The monoisotopic (exact) mass is 240 g/mol. The minimum atomic E-state index is 0.296. The van der Waals surface area contributed by atoms with Crippen LogP contribution >= 0.6 is 11.8 Å². The summed E-state index contributed by atoms with van der Waals surface area (Å²) in [6, 6.07) is 0. The number of unbranched alkanes of at least 4 members (excludes halogenated alkanes) is 1. The van der Waals surface area contributed by atoms with E-state index in [4.69, 9.17) is 5.11 Å². The molecule has 0 atom stereocenters. The molecule has 0 amide bonds. The Morgan fingerprint density at radius 1 is 1.38 bits per heavy atom. The Bertz CT molecular complexity index is 229. The lowest BCUT2D eigenvalue weighted by Crippen LogP contribution is -1.86. The second-order valence-electron chi connectivity index (χ2n) is 4.12. The first-order valence-electron chi connectivity index (χ1n) is 5.93. The van der Waals surface area contributed by atoms with Gasteiger partial charge in [-0.1, -0.05) is 38.7 Å². The van der Waals surface area contributed by atoms with Crippen molar-refractivity contribution in [3.8, 4) is 0 Å². The molecule has 0 unspecified atom stereocenters. The van der Waals surface area contributed by atoms with Crippen molar-refractivity contribution in [3.63, 3.8) is 0 Å². The van der Waals surface area contributed by atoms with Crippen LogP contribution < -0.4 is 0 Å². The number of thioether (sulfide) groups is 1. The van der Waals surface area contributed by atoms with Crippen LogP contribution in [0.1, 0.15) is 33.1 Å². The molecule has 0 radical (unpaired) electrons. The van der Waals surface area contributed by atoms with E-state index in [2.05, 4.69) is 32.6 Å². The minimum absolute atomic E-state index is 0.296. The first-order valence-corrected chi connectivity index (χ1v) is 6.92. The predicted octanol–water partition coefficient (Wildman–Crippen LogP) is 4.16. The van der Waals surface area contributed by atoms with Gasteiger partial charge in [0.15, 0.2) is 0 Å². The third kappa shape index (κ3) is 10.1. The van der Waals surface area contributed by atoms with Crippen LogP contribution in [0.2, 0.25) is 0 Å². The van der Waals surface area contributed by atoms with Crippen molar-refractivity contribution in [2.45, 2.75) is 33.1 Å². The highest BCUT2D eigenvalue weighted by atomic mass is 32.2. The summed E-state index contributed by atoms with van der Waals surface area (Å²) in [4.78, 5) is 1.26. The normalized spacial score (nSPS) is 12.6. The summed E-state index contributed by atoms with van der Waals surface area (Å²) in [6.07, 6.45) is 11.3. The molecule has 0 saturated heterocycles. The molecule has 0 aliphatic carbocycles. The van der Waals surface area contributed by atoms with E-state index in [1.807, 2.05) is 23.9 Å². The van der Waals surface area contributed by atoms with Gasteiger partial charge in [-0.05, 0) is 37.0 Å². The first kappa shape index (κ1) is 15.5. The lowest BCUT2D eigenvalue weighted by atomic mass is 10.1. The molecule has 0 bridgehead atoms. The van der Waals surface area contributed by atoms with Crippen molar-refractivity contribution in [2.24, 2.45) is 5.92 Å². The Morgan fingerprint density at radius 2 is 2.12 bits per heavy atom. The summed E-state index contributed by atoms with van der Waals surface area (Å²) in [7, 11) is 0. The zero-order valence-corrected chi connectivity index (χ0v) is 11.3. The van der Waals surface area contributed by atoms with Gasteiger partial charge in [0.25, 0.3) is 0 Å². The van der Waals surface area contributed by atoms with Gasteiger partial charge in [0, 0.05) is 11.5 Å². The SMILES string of the molecule is C=CC=C(C=CCC(C)C)SCCCCO. The van der Waals surface area contributed by atoms with Crippen LogP contribution in [0.15, 0.2) is 35.8 Å². The maximum Gasteiger partial charge on any atom is 0.0431 e. The molecule has 0 saturated carbocycles. The largest absolute Gasteiger partial charge is 0.396 e. The minimum Gasteiger partial charge on any atom is -0.396 e. The van der Waals surface area contributed by atoms with E-state index < -0.39 is 0 Å². The molecule has 1 N–H and O–H groups in total. The van der Waals surface area contributed by atoms with Crippen LogP contribution in [0, 0.1) is 5.92 Å². The molecular formula is C14H24OS. The van der Waals surface area contributed by atoms with Crippen molar-refractivity contribution in [3.05, 3.63) is 35.8 Å². The summed E-state index contributed by atoms with van der Waals surface area (Å²) in [5.74, 6) is 1.77. The summed E-state index contributed by atoms with van der Waals surface area (Å²) in [5.41, 5.74) is 0. The number of hydrogen-bond acceptors (Lipinski definition) is 2. The third-order valence-electron chi connectivity index (χ3n) is 1.99. The average molecular weight is 240 g/mol. The molecule has 92 valence electrons. The van der Waals surface area contributed by atoms with Crippen LogP contribution in [-0.4, -0.2) is 17.5 Å². The Labute approximate surface area is 104 Å². The number of aliphatic hydroxyl groups excluding tert-OH is 1. The fourth-order valence-electron chi connectivity index (χ4n) is 1.13. The van der Waals surface area contributed by atoms with Crippen molar-refractivity contribution in [1.82, 2.24) is 0 Å². The van der Waals surface area contributed by atoms with Crippen molar-refractivity contribution >= 4 is 11.8 Å². The van der Waals surface area contributed by atoms with Gasteiger partial charge in [0.1, 0.15) is 0 Å². The number of allylic oxidation sites excluding steroid dienone is 4. The van der Waals surface area contributed by atoms with Crippen LogP contribution in [0.4, 0.5) is 0 Å². The Balaban J connectivity index is 3.93. The van der Waals surface area contributed by atoms with Gasteiger partial charge < -0.3 is 5.11 Å².